The van der Waals surface area contributed by atoms with E-state index in [1.54, 1.807) is 17.9 Å². The zero-order chi connectivity index (χ0) is 30.8. The van der Waals surface area contributed by atoms with Gasteiger partial charge in [-0.1, -0.05) is 27.2 Å². The van der Waals surface area contributed by atoms with Crippen LogP contribution in [0.4, 0.5) is 13.6 Å². The van der Waals surface area contributed by atoms with Crippen LogP contribution in [0.25, 0.3) is 11.0 Å². The number of aromatic nitrogens is 2. The lowest BCUT2D eigenvalue weighted by molar-refractivity contribution is -0.279. The molecule has 1 aliphatic heterocycles. The third-order valence-corrected chi connectivity index (χ3v) is 8.43. The number of amides is 2. The van der Waals surface area contributed by atoms with Gasteiger partial charge in [-0.05, 0) is 50.7 Å². The van der Waals surface area contributed by atoms with Gasteiger partial charge in [-0.3, -0.25) is 14.6 Å². The second-order valence-corrected chi connectivity index (χ2v) is 12.0. The van der Waals surface area contributed by atoms with Crippen LogP contribution >= 0.6 is 0 Å². The van der Waals surface area contributed by atoms with Crippen molar-refractivity contribution in [2.45, 2.75) is 83.8 Å². The second-order valence-electron chi connectivity index (χ2n) is 12.0. The van der Waals surface area contributed by atoms with Gasteiger partial charge >= 0.3 is 6.09 Å². The van der Waals surface area contributed by atoms with Crippen molar-refractivity contribution < 1.29 is 37.7 Å². The largest absolute Gasteiger partial charge is 0.857 e. The molecule has 2 heterocycles. The number of fused-ring (bicyclic) bond motifs is 1. The molecule has 1 aromatic carbocycles. The van der Waals surface area contributed by atoms with Crippen molar-refractivity contribution in [1.82, 2.24) is 20.2 Å². The molecule has 0 radical (unpaired) electrons. The van der Waals surface area contributed by atoms with Gasteiger partial charge in [0, 0.05) is 36.7 Å². The van der Waals surface area contributed by atoms with Gasteiger partial charge in [0.05, 0.1) is 24.2 Å². The number of rotatable bonds is 12. The van der Waals surface area contributed by atoms with Crippen LogP contribution in [0.2, 0.25) is 0 Å². The van der Waals surface area contributed by atoms with Crippen molar-refractivity contribution in [2.24, 2.45) is 17.8 Å². The molecule has 1 N–H and O–H groups in total. The van der Waals surface area contributed by atoms with Crippen molar-refractivity contribution >= 4 is 28.8 Å². The molecule has 12 heteroatoms. The van der Waals surface area contributed by atoms with Crippen LogP contribution in [0.15, 0.2) is 18.2 Å². The highest BCUT2D eigenvalue weighted by atomic mass is 19.3. The van der Waals surface area contributed by atoms with Crippen molar-refractivity contribution in [3.63, 3.8) is 0 Å². The number of Topliss-reactive ketones (excluding diaryl/α,β-unsaturated/α-hetero) is 1. The van der Waals surface area contributed by atoms with Gasteiger partial charge in [0.1, 0.15) is 23.6 Å². The van der Waals surface area contributed by atoms with E-state index in [1.165, 1.54) is 19.2 Å². The van der Waals surface area contributed by atoms with Gasteiger partial charge in [0.2, 0.25) is 5.91 Å². The van der Waals surface area contributed by atoms with E-state index in [1.807, 2.05) is 20.8 Å². The molecule has 1 aliphatic carbocycles. The van der Waals surface area contributed by atoms with Crippen molar-refractivity contribution in [2.75, 3.05) is 20.2 Å². The third-order valence-electron chi connectivity index (χ3n) is 8.43. The van der Waals surface area contributed by atoms with Crippen LogP contribution in [-0.2, 0) is 20.2 Å². The summed E-state index contributed by atoms with van der Waals surface area (Å²) in [7, 11) is 1.45. The normalized spacial score (nSPS) is 23.7. The van der Waals surface area contributed by atoms with Gasteiger partial charge in [-0.25, -0.2) is 9.78 Å². The molecule has 0 spiro atoms. The predicted octanol–water partition coefficient (Wildman–Crippen LogP) is 4.33. The second kappa shape index (κ2) is 12.3. The Hall–Kier alpha value is -3.57. The molecule has 10 nitrogen and oxygen atoms in total. The lowest BCUT2D eigenvalue weighted by Gasteiger charge is -2.27. The van der Waals surface area contributed by atoms with E-state index in [9.17, 15) is 28.3 Å². The summed E-state index contributed by atoms with van der Waals surface area (Å²) in [6, 6.07) is 4.04. The maximum absolute atomic E-state index is 14.9. The van der Waals surface area contributed by atoms with Crippen LogP contribution in [0.5, 0.6) is 11.6 Å². The number of benzene rings is 1. The molecule has 2 amide bonds. The van der Waals surface area contributed by atoms with E-state index in [0.717, 1.165) is 6.42 Å². The number of carbonyl (C=O) groups excluding carboxylic acids is 3. The molecule has 1 saturated carbocycles. The zero-order valence-corrected chi connectivity index (χ0v) is 24.7. The molecule has 42 heavy (non-hydrogen) atoms. The Morgan fingerprint density at radius 2 is 1.95 bits per heavy atom. The highest BCUT2D eigenvalue weighted by Crippen LogP contribution is 2.50. The molecule has 2 fully saturated rings. The fraction of sp³-hybridized carbons (Fsp3) is 0.633. The van der Waals surface area contributed by atoms with E-state index in [4.69, 9.17) is 9.47 Å². The van der Waals surface area contributed by atoms with Crippen LogP contribution in [0, 0.1) is 17.8 Å². The summed E-state index contributed by atoms with van der Waals surface area (Å²) in [5, 5.41) is 14.8. The maximum Gasteiger partial charge on any atom is 0.408 e. The van der Waals surface area contributed by atoms with E-state index >= 15 is 0 Å². The smallest absolute Gasteiger partial charge is 0.408 e. The number of ether oxygens (including phenoxy) is 2. The Morgan fingerprint density at radius 3 is 2.64 bits per heavy atom. The Balaban J connectivity index is 1.20. The number of carbonyl (C=O) groups is 3. The van der Waals surface area contributed by atoms with Gasteiger partial charge in [-0.2, -0.15) is 8.78 Å². The Morgan fingerprint density at radius 1 is 1.21 bits per heavy atom. The third kappa shape index (κ3) is 6.90. The number of alkyl carbamates (subject to hydrolysis) is 1. The minimum atomic E-state index is -3.43. The molecule has 1 saturated heterocycles. The standard InChI is InChI=1S/C30H40F2N4O6/c1-17(2)25(38)24-18(3)11-13-36(24)23(37)16-33-28(40)42-29(4)15-19(29)8-6-7-12-30(31,32)26-27(39)35-22-14-20(41-5)9-10-21(22)34-26/h9-10,14,17-19,24H,6-8,11-13,15-16H2,1-5H3,(H,33,40)(H,35,39)/p-1/t18-,19-,24+,29?/m1/s1. The van der Waals surface area contributed by atoms with Crippen molar-refractivity contribution in [3.8, 4) is 11.6 Å². The quantitative estimate of drug-likeness (QED) is 0.362. The summed E-state index contributed by atoms with van der Waals surface area (Å²) in [6.45, 7) is 7.55. The zero-order valence-electron chi connectivity index (χ0n) is 24.7. The average molecular weight is 590 g/mol. The number of hydrogen-bond acceptors (Lipinski definition) is 8. The first-order valence-corrected chi connectivity index (χ1v) is 14.5. The summed E-state index contributed by atoms with van der Waals surface area (Å²) in [5.74, 6) is -4.48. The van der Waals surface area contributed by atoms with Gasteiger partial charge < -0.3 is 24.8 Å². The lowest BCUT2D eigenvalue weighted by Crippen LogP contribution is -2.48. The number of nitrogens with one attached hydrogen (secondary N) is 1. The summed E-state index contributed by atoms with van der Waals surface area (Å²) in [5.41, 5.74) is -1.22. The molecule has 1 unspecified atom stereocenters. The molecule has 230 valence electrons. The van der Waals surface area contributed by atoms with Crippen LogP contribution in [-0.4, -0.2) is 64.5 Å². The Bertz CT molecular complexity index is 1340. The fourth-order valence-electron chi connectivity index (χ4n) is 5.70. The highest BCUT2D eigenvalue weighted by Gasteiger charge is 2.53. The first-order valence-electron chi connectivity index (χ1n) is 14.5. The molecular formula is C30H39F2N4O6-. The average Bonchev–Trinajstić information content (AvgIpc) is 3.40. The maximum atomic E-state index is 14.9. The monoisotopic (exact) mass is 589 g/mol. The highest BCUT2D eigenvalue weighted by molar-refractivity contribution is 5.92. The van der Waals surface area contributed by atoms with Gasteiger partial charge in [-0.15, -0.1) is 0 Å². The number of ketones is 1. The summed E-state index contributed by atoms with van der Waals surface area (Å²) >= 11 is 0. The van der Waals surface area contributed by atoms with Crippen LogP contribution in [0.3, 0.4) is 0 Å². The first-order chi connectivity index (χ1) is 19.8. The molecule has 2 aromatic rings. The topological polar surface area (TPSA) is 134 Å². The number of methoxy groups -OCH3 is 1. The minimum Gasteiger partial charge on any atom is -0.857 e. The number of alkyl halides is 2. The summed E-state index contributed by atoms with van der Waals surface area (Å²) < 4.78 is 40.4. The summed E-state index contributed by atoms with van der Waals surface area (Å²) in [4.78, 5) is 47.0. The fourth-order valence-corrected chi connectivity index (χ4v) is 5.70. The number of halogens is 2. The summed E-state index contributed by atoms with van der Waals surface area (Å²) in [6.07, 6.45) is 1.20. The lowest BCUT2D eigenvalue weighted by atomic mass is 9.92. The number of hydrogen-bond donors (Lipinski definition) is 1. The van der Waals surface area contributed by atoms with Gasteiger partial charge in [0.25, 0.3) is 5.92 Å². The molecular weight excluding hydrogens is 550 g/mol. The van der Waals surface area contributed by atoms with Crippen molar-refractivity contribution in [1.29, 1.82) is 0 Å². The number of nitrogens with zero attached hydrogens (tertiary/aromatic N) is 3. The van der Waals surface area contributed by atoms with Crippen LogP contribution < -0.4 is 15.2 Å². The van der Waals surface area contributed by atoms with Crippen LogP contribution in [0.1, 0.15) is 71.9 Å². The molecule has 1 aromatic heterocycles. The molecule has 4 rings (SSSR count). The predicted molar refractivity (Wildman–Crippen MR) is 148 cm³/mol. The first kappa shape index (κ1) is 31.4. The number of unbranched alkanes of at least 4 members (excludes halogenated alkanes) is 1. The van der Waals surface area contributed by atoms with Crippen molar-refractivity contribution in [3.05, 3.63) is 23.9 Å². The van der Waals surface area contributed by atoms with E-state index in [2.05, 4.69) is 15.3 Å². The number of likely N-dealkylation sites (tertiary alicyclic amines) is 1. The molecule has 2 aliphatic rings. The Labute approximate surface area is 244 Å². The van der Waals surface area contributed by atoms with E-state index < -0.39 is 41.7 Å². The van der Waals surface area contributed by atoms with E-state index in [-0.39, 0.29) is 53.4 Å². The minimum absolute atomic E-state index is 0.00515. The van der Waals surface area contributed by atoms with Gasteiger partial charge in [0.15, 0.2) is 5.78 Å². The Kier molecular flexibility index (Phi) is 9.22. The SMILES string of the molecule is COc1ccc2nc(C(F)(F)CCCC[C@@H]3CC3(C)OC(=O)NCC(=O)N3CC[C@@H](C)[C@H]3C(=O)C(C)C)c([O-])nc2c1. The van der Waals surface area contributed by atoms with E-state index in [0.29, 0.717) is 31.6 Å². The molecule has 4 atom stereocenters. The molecule has 0 bridgehead atoms.